The van der Waals surface area contributed by atoms with Crippen molar-refractivity contribution < 1.29 is 13.2 Å². The summed E-state index contributed by atoms with van der Waals surface area (Å²) in [5.74, 6) is 0. The van der Waals surface area contributed by atoms with E-state index in [1.54, 1.807) is 18.2 Å². The van der Waals surface area contributed by atoms with Crippen LogP contribution < -0.4 is 5.32 Å². The molecule has 0 fully saturated rings. The monoisotopic (exact) mass is 292 g/mol. The smallest absolute Gasteiger partial charge is 0.384 e. The van der Waals surface area contributed by atoms with Gasteiger partial charge in [0.1, 0.15) is 6.07 Å². The molecule has 0 aliphatic carbocycles. The van der Waals surface area contributed by atoms with E-state index in [1.165, 1.54) is 0 Å². The summed E-state index contributed by atoms with van der Waals surface area (Å²) in [4.78, 5) is 0. The standard InChI is InChI=1S/C10H8BrF3N2/c11-8-2-1-3-9(7(8)6-15)16-5-4-10(12,13)14/h1-3,16H,4-5H2. The Morgan fingerprint density at radius 1 is 1.38 bits per heavy atom. The number of alkyl halides is 3. The molecule has 0 aliphatic rings. The predicted molar refractivity (Wildman–Crippen MR) is 58.0 cm³/mol. The van der Waals surface area contributed by atoms with Crippen LogP contribution in [0.25, 0.3) is 0 Å². The molecule has 0 aromatic heterocycles. The Kier molecular flexibility index (Phi) is 4.19. The Morgan fingerprint density at radius 3 is 2.62 bits per heavy atom. The van der Waals surface area contributed by atoms with Gasteiger partial charge >= 0.3 is 6.18 Å². The molecule has 1 aromatic carbocycles. The SMILES string of the molecule is N#Cc1c(Br)cccc1NCCC(F)(F)F. The Hall–Kier alpha value is -1.22. The van der Waals surface area contributed by atoms with Crippen molar-refractivity contribution in [2.24, 2.45) is 0 Å². The summed E-state index contributed by atoms with van der Waals surface area (Å²) >= 11 is 3.15. The van der Waals surface area contributed by atoms with Gasteiger partial charge in [0.15, 0.2) is 0 Å². The van der Waals surface area contributed by atoms with E-state index in [1.807, 2.05) is 6.07 Å². The lowest BCUT2D eigenvalue weighted by atomic mass is 10.2. The minimum atomic E-state index is -4.19. The third-order valence-electron chi connectivity index (χ3n) is 1.85. The van der Waals surface area contributed by atoms with Crippen molar-refractivity contribution in [3.05, 3.63) is 28.2 Å². The Balaban J connectivity index is 2.68. The van der Waals surface area contributed by atoms with E-state index in [2.05, 4.69) is 21.2 Å². The molecule has 0 saturated carbocycles. The van der Waals surface area contributed by atoms with Crippen LogP contribution in [-0.4, -0.2) is 12.7 Å². The molecule has 0 heterocycles. The van der Waals surface area contributed by atoms with Gasteiger partial charge in [0.2, 0.25) is 0 Å². The largest absolute Gasteiger partial charge is 0.390 e. The second-order valence-electron chi connectivity index (χ2n) is 3.07. The number of anilines is 1. The highest BCUT2D eigenvalue weighted by Gasteiger charge is 2.26. The van der Waals surface area contributed by atoms with Gasteiger partial charge in [-0.25, -0.2) is 0 Å². The lowest BCUT2D eigenvalue weighted by molar-refractivity contribution is -0.131. The van der Waals surface area contributed by atoms with Gasteiger partial charge in [0.05, 0.1) is 17.7 Å². The number of halogens is 4. The molecule has 6 heteroatoms. The molecule has 0 atom stereocenters. The van der Waals surface area contributed by atoms with Crippen molar-refractivity contribution in [2.45, 2.75) is 12.6 Å². The molecule has 1 N–H and O–H groups in total. The summed E-state index contributed by atoms with van der Waals surface area (Å²) in [7, 11) is 0. The molecule has 86 valence electrons. The first-order valence-electron chi connectivity index (χ1n) is 4.43. The number of hydrogen-bond donors (Lipinski definition) is 1. The maximum atomic E-state index is 11.9. The lowest BCUT2D eigenvalue weighted by Gasteiger charge is -2.10. The Bertz CT molecular complexity index is 410. The van der Waals surface area contributed by atoms with Gasteiger partial charge in [0.25, 0.3) is 0 Å². The molecular formula is C10H8BrF3N2. The molecule has 1 rings (SSSR count). The first-order valence-corrected chi connectivity index (χ1v) is 5.22. The van der Waals surface area contributed by atoms with Crippen molar-refractivity contribution in [3.8, 4) is 6.07 Å². The Labute approximate surface area is 99.2 Å². The van der Waals surface area contributed by atoms with Crippen LogP contribution in [0.2, 0.25) is 0 Å². The summed E-state index contributed by atoms with van der Waals surface area (Å²) in [6.07, 6.45) is -5.11. The highest BCUT2D eigenvalue weighted by molar-refractivity contribution is 9.10. The van der Waals surface area contributed by atoms with Crippen LogP contribution in [0.3, 0.4) is 0 Å². The van der Waals surface area contributed by atoms with Crippen molar-refractivity contribution >= 4 is 21.6 Å². The van der Waals surface area contributed by atoms with Crippen LogP contribution in [-0.2, 0) is 0 Å². The maximum absolute atomic E-state index is 11.9. The highest BCUT2D eigenvalue weighted by Crippen LogP contribution is 2.25. The van der Waals surface area contributed by atoms with Gasteiger partial charge in [-0.15, -0.1) is 0 Å². The van der Waals surface area contributed by atoms with E-state index in [0.717, 1.165) is 0 Å². The number of rotatable bonds is 3. The van der Waals surface area contributed by atoms with Crippen LogP contribution in [0, 0.1) is 11.3 Å². The van der Waals surface area contributed by atoms with Gasteiger partial charge in [-0.2, -0.15) is 18.4 Å². The lowest BCUT2D eigenvalue weighted by Crippen LogP contribution is -2.15. The fraction of sp³-hybridized carbons (Fsp3) is 0.300. The molecule has 0 amide bonds. The van der Waals surface area contributed by atoms with E-state index >= 15 is 0 Å². The molecule has 16 heavy (non-hydrogen) atoms. The van der Waals surface area contributed by atoms with Crippen LogP contribution in [0.1, 0.15) is 12.0 Å². The van der Waals surface area contributed by atoms with E-state index in [4.69, 9.17) is 5.26 Å². The van der Waals surface area contributed by atoms with E-state index in [-0.39, 0.29) is 6.54 Å². The number of nitrogens with one attached hydrogen (secondary N) is 1. The second kappa shape index (κ2) is 5.21. The van der Waals surface area contributed by atoms with E-state index in [0.29, 0.717) is 15.7 Å². The average molecular weight is 293 g/mol. The molecule has 0 saturated heterocycles. The minimum Gasteiger partial charge on any atom is -0.384 e. The average Bonchev–Trinajstić information content (AvgIpc) is 2.16. The summed E-state index contributed by atoms with van der Waals surface area (Å²) in [6, 6.07) is 6.80. The van der Waals surface area contributed by atoms with Gasteiger partial charge < -0.3 is 5.32 Å². The van der Waals surface area contributed by atoms with Crippen molar-refractivity contribution in [1.29, 1.82) is 5.26 Å². The van der Waals surface area contributed by atoms with Crippen LogP contribution in [0.5, 0.6) is 0 Å². The first kappa shape index (κ1) is 12.8. The molecule has 0 bridgehead atoms. The molecule has 0 spiro atoms. The fourth-order valence-corrected chi connectivity index (χ4v) is 1.58. The third-order valence-corrected chi connectivity index (χ3v) is 2.51. The van der Waals surface area contributed by atoms with Gasteiger partial charge in [-0.05, 0) is 28.1 Å². The van der Waals surface area contributed by atoms with Crippen molar-refractivity contribution in [2.75, 3.05) is 11.9 Å². The van der Waals surface area contributed by atoms with E-state index < -0.39 is 12.6 Å². The minimum absolute atomic E-state index is 0.241. The van der Waals surface area contributed by atoms with Crippen molar-refractivity contribution in [1.82, 2.24) is 0 Å². The second-order valence-corrected chi connectivity index (χ2v) is 3.92. The first-order chi connectivity index (χ1) is 7.44. The maximum Gasteiger partial charge on any atom is 0.390 e. The number of hydrogen-bond acceptors (Lipinski definition) is 2. The summed E-state index contributed by atoms with van der Waals surface area (Å²) in [6.45, 7) is -0.241. The zero-order valence-corrected chi connectivity index (χ0v) is 9.69. The molecule has 2 nitrogen and oxygen atoms in total. The Morgan fingerprint density at radius 2 is 2.06 bits per heavy atom. The van der Waals surface area contributed by atoms with Crippen molar-refractivity contribution in [3.63, 3.8) is 0 Å². The molecule has 0 aliphatic heterocycles. The number of benzene rings is 1. The van der Waals surface area contributed by atoms with Crippen LogP contribution in [0.4, 0.5) is 18.9 Å². The molecule has 0 radical (unpaired) electrons. The fourth-order valence-electron chi connectivity index (χ4n) is 1.12. The molecule has 0 unspecified atom stereocenters. The summed E-state index contributed by atoms with van der Waals surface area (Å²) in [5.41, 5.74) is 0.714. The topological polar surface area (TPSA) is 35.8 Å². The highest BCUT2D eigenvalue weighted by atomic mass is 79.9. The number of nitrogens with zero attached hydrogens (tertiary/aromatic N) is 1. The third kappa shape index (κ3) is 3.74. The van der Waals surface area contributed by atoms with Crippen LogP contribution in [0.15, 0.2) is 22.7 Å². The summed E-state index contributed by atoms with van der Waals surface area (Å²) < 4.78 is 36.3. The zero-order chi connectivity index (χ0) is 12.2. The normalized spacial score (nSPS) is 10.9. The molecule has 1 aromatic rings. The van der Waals surface area contributed by atoms with Gasteiger partial charge in [-0.3, -0.25) is 0 Å². The number of nitriles is 1. The predicted octanol–water partition coefficient (Wildman–Crippen LogP) is 3.69. The van der Waals surface area contributed by atoms with Crippen LogP contribution >= 0.6 is 15.9 Å². The molecular weight excluding hydrogens is 285 g/mol. The van der Waals surface area contributed by atoms with E-state index in [9.17, 15) is 13.2 Å². The quantitative estimate of drug-likeness (QED) is 0.922. The summed E-state index contributed by atoms with van der Waals surface area (Å²) in [5, 5.41) is 11.4. The van der Waals surface area contributed by atoms with Gasteiger partial charge in [0, 0.05) is 11.0 Å². The zero-order valence-electron chi connectivity index (χ0n) is 8.11. The van der Waals surface area contributed by atoms with Gasteiger partial charge in [-0.1, -0.05) is 6.07 Å².